The van der Waals surface area contributed by atoms with Gasteiger partial charge >= 0.3 is 0 Å². The van der Waals surface area contributed by atoms with Crippen LogP contribution in [0.3, 0.4) is 0 Å². The van der Waals surface area contributed by atoms with Gasteiger partial charge in [-0.2, -0.15) is 0 Å². The van der Waals surface area contributed by atoms with Crippen LogP contribution < -0.4 is 14.4 Å². The van der Waals surface area contributed by atoms with Crippen LogP contribution in [0.15, 0.2) is 89.8 Å². The lowest BCUT2D eigenvalue weighted by atomic mass is 10.0. The normalized spacial score (nSPS) is 13.3. The fourth-order valence-electron chi connectivity index (χ4n) is 4.66. The lowest BCUT2D eigenvalue weighted by molar-refractivity contribution is -0.123. The maximum absolute atomic E-state index is 13.4. The van der Waals surface area contributed by atoms with Crippen LogP contribution in [0, 0.1) is 6.92 Å². The molecular weight excluding hydrogens is 472 g/mol. The monoisotopic (exact) mass is 500 g/mol. The fraction of sp³-hybridized carbons (Fsp3) is 0.207. The van der Waals surface area contributed by atoms with Crippen LogP contribution in [0.1, 0.15) is 23.1 Å². The van der Waals surface area contributed by atoms with Crippen LogP contribution in [-0.4, -0.2) is 27.5 Å². The highest BCUT2D eigenvalue weighted by molar-refractivity contribution is 7.92. The average Bonchev–Trinajstić information content (AvgIpc) is 2.90. The maximum Gasteiger partial charge on any atom is 0.264 e. The highest BCUT2D eigenvalue weighted by atomic mass is 32.2. The zero-order valence-corrected chi connectivity index (χ0v) is 20.9. The van der Waals surface area contributed by atoms with Crippen molar-refractivity contribution < 1.29 is 17.9 Å². The summed E-state index contributed by atoms with van der Waals surface area (Å²) in [5, 5.41) is 5.13. The molecule has 0 radical (unpaired) electrons. The number of nitrogens with zero attached hydrogens (tertiary/aromatic N) is 1. The van der Waals surface area contributed by atoms with Crippen LogP contribution in [0.25, 0.3) is 10.8 Å². The molecule has 0 aromatic heterocycles. The summed E-state index contributed by atoms with van der Waals surface area (Å²) in [6.45, 7) is 2.48. The van der Waals surface area contributed by atoms with Gasteiger partial charge in [0.05, 0.1) is 10.6 Å². The third-order valence-corrected chi connectivity index (χ3v) is 8.33. The third kappa shape index (κ3) is 4.79. The number of amides is 1. The molecule has 36 heavy (non-hydrogen) atoms. The minimum atomic E-state index is -3.70. The van der Waals surface area contributed by atoms with Gasteiger partial charge in [0.15, 0.2) is 6.61 Å². The molecule has 1 amide bonds. The van der Waals surface area contributed by atoms with Crippen molar-refractivity contribution in [1.82, 2.24) is 5.32 Å². The highest BCUT2D eigenvalue weighted by Crippen LogP contribution is 2.33. The standard InChI is InChI=1S/C29H28N2O4S/c1-21-18-25(36(33,34)31-17-7-12-23-9-3-5-14-27(23)31)15-16-28(21)35-20-29(32)30-19-24-11-6-10-22-8-2-4-13-26(22)24/h2-6,8-11,13-16,18H,7,12,17,19-20H2,1H3,(H,30,32). The van der Waals surface area contributed by atoms with Crippen LogP contribution in [0.4, 0.5) is 5.69 Å². The number of carbonyl (C=O) groups excluding carboxylic acids is 1. The van der Waals surface area contributed by atoms with E-state index < -0.39 is 10.0 Å². The Labute approximate surface area is 211 Å². The summed E-state index contributed by atoms with van der Waals surface area (Å²) in [6, 6.07) is 26.5. The molecule has 0 saturated heterocycles. The summed E-state index contributed by atoms with van der Waals surface area (Å²) in [6.07, 6.45) is 1.65. The van der Waals surface area contributed by atoms with E-state index in [1.807, 2.05) is 66.7 Å². The molecule has 5 rings (SSSR count). The Bertz CT molecular complexity index is 1530. The van der Waals surface area contributed by atoms with E-state index >= 15 is 0 Å². The van der Waals surface area contributed by atoms with Gasteiger partial charge < -0.3 is 10.1 Å². The number of anilines is 1. The number of aryl methyl sites for hydroxylation is 2. The number of sulfonamides is 1. The maximum atomic E-state index is 13.4. The molecule has 6 nitrogen and oxygen atoms in total. The third-order valence-electron chi connectivity index (χ3n) is 6.52. The summed E-state index contributed by atoms with van der Waals surface area (Å²) in [7, 11) is -3.70. The van der Waals surface area contributed by atoms with E-state index in [4.69, 9.17) is 4.74 Å². The number of para-hydroxylation sites is 1. The van der Waals surface area contributed by atoms with Gasteiger partial charge in [0.25, 0.3) is 15.9 Å². The van der Waals surface area contributed by atoms with Crippen molar-refractivity contribution in [2.45, 2.75) is 31.2 Å². The van der Waals surface area contributed by atoms with Crippen molar-refractivity contribution in [1.29, 1.82) is 0 Å². The number of benzene rings is 4. The van der Waals surface area contributed by atoms with Gasteiger partial charge in [-0.15, -0.1) is 0 Å². The van der Waals surface area contributed by atoms with Crippen molar-refractivity contribution in [2.24, 2.45) is 0 Å². The second kappa shape index (κ2) is 10.0. The number of hydrogen-bond acceptors (Lipinski definition) is 4. The minimum absolute atomic E-state index is 0.156. The van der Waals surface area contributed by atoms with Crippen molar-refractivity contribution >= 4 is 32.4 Å². The van der Waals surface area contributed by atoms with Gasteiger partial charge in [-0.25, -0.2) is 8.42 Å². The number of carbonyl (C=O) groups is 1. The van der Waals surface area contributed by atoms with E-state index in [9.17, 15) is 13.2 Å². The summed E-state index contributed by atoms with van der Waals surface area (Å²) in [5.41, 5.74) is 3.47. The molecule has 184 valence electrons. The van der Waals surface area contributed by atoms with Crippen molar-refractivity contribution in [2.75, 3.05) is 17.5 Å². The molecule has 1 aliphatic heterocycles. The molecule has 0 saturated carbocycles. The molecule has 1 N–H and O–H groups in total. The molecule has 0 fully saturated rings. The topological polar surface area (TPSA) is 75.7 Å². The van der Waals surface area contributed by atoms with Crippen molar-refractivity contribution in [3.05, 3.63) is 102 Å². The number of rotatable bonds is 7. The zero-order chi connectivity index (χ0) is 25.1. The number of fused-ring (bicyclic) bond motifs is 2. The van der Waals surface area contributed by atoms with E-state index in [2.05, 4.69) is 5.32 Å². The summed E-state index contributed by atoms with van der Waals surface area (Å²) >= 11 is 0. The van der Waals surface area contributed by atoms with Crippen molar-refractivity contribution in [3.8, 4) is 5.75 Å². The first-order valence-electron chi connectivity index (χ1n) is 12.0. The number of nitrogens with one attached hydrogen (secondary N) is 1. The largest absolute Gasteiger partial charge is 0.484 e. The highest BCUT2D eigenvalue weighted by Gasteiger charge is 2.29. The van der Waals surface area contributed by atoms with E-state index in [0.717, 1.165) is 40.4 Å². The molecule has 0 aliphatic carbocycles. The molecule has 0 atom stereocenters. The summed E-state index contributed by atoms with van der Waals surface area (Å²) < 4.78 is 34.0. The summed E-state index contributed by atoms with van der Waals surface area (Å²) in [5.74, 6) is 0.234. The molecule has 0 unspecified atom stereocenters. The zero-order valence-electron chi connectivity index (χ0n) is 20.1. The quantitative estimate of drug-likeness (QED) is 0.388. The molecular formula is C29H28N2O4S. The smallest absolute Gasteiger partial charge is 0.264 e. The molecule has 4 aromatic carbocycles. The second-order valence-corrected chi connectivity index (χ2v) is 10.8. The number of hydrogen-bond donors (Lipinski definition) is 1. The van der Waals surface area contributed by atoms with Gasteiger partial charge in [-0.05, 0) is 71.5 Å². The van der Waals surface area contributed by atoms with Crippen LogP contribution in [-0.2, 0) is 27.8 Å². The molecule has 0 spiro atoms. The Balaban J connectivity index is 1.24. The Hall–Kier alpha value is -3.84. The Morgan fingerprint density at radius 1 is 0.972 bits per heavy atom. The molecule has 1 heterocycles. The van der Waals surface area contributed by atoms with Crippen molar-refractivity contribution in [3.63, 3.8) is 0 Å². The van der Waals surface area contributed by atoms with E-state index in [0.29, 0.717) is 24.4 Å². The molecule has 4 aromatic rings. The second-order valence-electron chi connectivity index (χ2n) is 8.94. The molecule has 1 aliphatic rings. The Morgan fingerprint density at radius 3 is 2.61 bits per heavy atom. The lowest BCUT2D eigenvalue weighted by Crippen LogP contribution is -2.35. The first-order valence-corrected chi connectivity index (χ1v) is 13.4. The molecule has 7 heteroatoms. The Morgan fingerprint density at radius 2 is 1.75 bits per heavy atom. The first-order chi connectivity index (χ1) is 17.4. The summed E-state index contributed by atoms with van der Waals surface area (Å²) in [4.78, 5) is 12.7. The predicted octanol–water partition coefficient (Wildman–Crippen LogP) is 4.98. The van der Waals surface area contributed by atoms with E-state index in [-0.39, 0.29) is 17.4 Å². The van der Waals surface area contributed by atoms with Gasteiger partial charge in [0, 0.05) is 13.1 Å². The fourth-order valence-corrected chi connectivity index (χ4v) is 6.28. The van der Waals surface area contributed by atoms with Gasteiger partial charge in [-0.3, -0.25) is 9.10 Å². The first kappa shape index (κ1) is 23.9. The molecule has 0 bridgehead atoms. The predicted molar refractivity (Wildman–Crippen MR) is 142 cm³/mol. The van der Waals surface area contributed by atoms with Gasteiger partial charge in [0.1, 0.15) is 5.75 Å². The van der Waals surface area contributed by atoms with Gasteiger partial charge in [0.2, 0.25) is 0 Å². The minimum Gasteiger partial charge on any atom is -0.484 e. The lowest BCUT2D eigenvalue weighted by Gasteiger charge is -2.30. The SMILES string of the molecule is Cc1cc(S(=O)(=O)N2CCCc3ccccc32)ccc1OCC(=O)NCc1cccc2ccccc12. The van der Waals surface area contributed by atoms with Gasteiger partial charge in [-0.1, -0.05) is 60.7 Å². The van der Waals surface area contributed by atoms with Crippen LogP contribution in [0.2, 0.25) is 0 Å². The average molecular weight is 501 g/mol. The Kier molecular flexibility index (Phi) is 6.65. The van der Waals surface area contributed by atoms with Crippen LogP contribution >= 0.6 is 0 Å². The number of ether oxygens (including phenoxy) is 1. The van der Waals surface area contributed by atoms with E-state index in [1.54, 1.807) is 25.1 Å². The van der Waals surface area contributed by atoms with Crippen LogP contribution in [0.5, 0.6) is 5.75 Å². The van der Waals surface area contributed by atoms with E-state index in [1.165, 1.54) is 4.31 Å².